The Kier molecular flexibility index (Phi) is 3.39. The summed E-state index contributed by atoms with van der Waals surface area (Å²) in [6, 6.07) is 1.10. The van der Waals surface area contributed by atoms with Crippen LogP contribution in [-0.2, 0) is 0 Å². The van der Waals surface area contributed by atoms with E-state index in [0.29, 0.717) is 0 Å². The summed E-state index contributed by atoms with van der Waals surface area (Å²) in [6.07, 6.45) is -2.83. The van der Waals surface area contributed by atoms with Gasteiger partial charge in [0, 0.05) is 10.6 Å². The summed E-state index contributed by atoms with van der Waals surface area (Å²) in [5.41, 5.74) is 5.07. The number of alkyl halides is 2. The average Bonchev–Trinajstić information content (AvgIpc) is 2.12. The van der Waals surface area contributed by atoms with Crippen LogP contribution in [0.5, 0.6) is 0 Å². The first-order chi connectivity index (χ1) is 6.45. The van der Waals surface area contributed by atoms with Gasteiger partial charge in [-0.15, -0.1) is 0 Å². The number of rotatable bonds is 2. The monoisotopic (exact) mass is 223 g/mol. The first kappa shape index (κ1) is 11.3. The summed E-state index contributed by atoms with van der Waals surface area (Å²) in [5, 5.41) is -0.0686. The molecule has 78 valence electrons. The standard InChI is InChI=1S/C9H9ClF3N/c1-4-2-3-5(10)6(7(4)11)8(14)9(12)13/h2-3,8-9H,14H2,1H3/t8-/m1/s1. The molecule has 0 saturated carbocycles. The fourth-order valence-corrected chi connectivity index (χ4v) is 1.38. The maximum absolute atomic E-state index is 13.4. The van der Waals surface area contributed by atoms with E-state index in [2.05, 4.69) is 0 Å². The van der Waals surface area contributed by atoms with E-state index in [1.807, 2.05) is 0 Å². The Morgan fingerprint density at radius 1 is 1.36 bits per heavy atom. The quantitative estimate of drug-likeness (QED) is 0.819. The molecule has 1 nitrogen and oxygen atoms in total. The van der Waals surface area contributed by atoms with Gasteiger partial charge in [0.15, 0.2) is 0 Å². The van der Waals surface area contributed by atoms with Crippen molar-refractivity contribution in [3.8, 4) is 0 Å². The van der Waals surface area contributed by atoms with Gasteiger partial charge in [-0.05, 0) is 18.6 Å². The Morgan fingerprint density at radius 2 is 1.93 bits per heavy atom. The van der Waals surface area contributed by atoms with Crippen molar-refractivity contribution in [2.75, 3.05) is 0 Å². The molecular formula is C9H9ClF3N. The first-order valence-electron chi connectivity index (χ1n) is 3.93. The van der Waals surface area contributed by atoms with Gasteiger partial charge < -0.3 is 5.73 Å². The van der Waals surface area contributed by atoms with Gasteiger partial charge in [-0.2, -0.15) is 0 Å². The van der Waals surface area contributed by atoms with Crippen LogP contribution in [0.2, 0.25) is 5.02 Å². The highest BCUT2D eigenvalue weighted by molar-refractivity contribution is 6.31. The summed E-state index contributed by atoms with van der Waals surface area (Å²) < 4.78 is 37.9. The molecule has 0 spiro atoms. The van der Waals surface area contributed by atoms with E-state index in [4.69, 9.17) is 17.3 Å². The van der Waals surface area contributed by atoms with Gasteiger partial charge in [-0.25, -0.2) is 13.2 Å². The predicted octanol–water partition coefficient (Wildman–Crippen LogP) is 3.05. The number of hydrogen-bond acceptors (Lipinski definition) is 1. The van der Waals surface area contributed by atoms with Crippen molar-refractivity contribution >= 4 is 11.6 Å². The number of halogens is 4. The molecule has 0 radical (unpaired) electrons. The van der Waals surface area contributed by atoms with Gasteiger partial charge >= 0.3 is 0 Å². The van der Waals surface area contributed by atoms with E-state index < -0.39 is 18.3 Å². The van der Waals surface area contributed by atoms with Gasteiger partial charge in [-0.3, -0.25) is 0 Å². The molecule has 0 aliphatic carbocycles. The fraction of sp³-hybridized carbons (Fsp3) is 0.333. The third kappa shape index (κ3) is 2.01. The van der Waals surface area contributed by atoms with Crippen molar-refractivity contribution in [2.24, 2.45) is 5.73 Å². The molecule has 5 heteroatoms. The molecule has 2 N–H and O–H groups in total. The first-order valence-corrected chi connectivity index (χ1v) is 4.31. The number of hydrogen-bond donors (Lipinski definition) is 1. The van der Waals surface area contributed by atoms with Crippen molar-refractivity contribution in [1.29, 1.82) is 0 Å². The normalized spacial score (nSPS) is 13.4. The Morgan fingerprint density at radius 3 is 2.43 bits per heavy atom. The minimum absolute atomic E-state index is 0.0686. The molecule has 1 rings (SSSR count). The molecule has 1 atom stereocenters. The minimum Gasteiger partial charge on any atom is -0.319 e. The van der Waals surface area contributed by atoms with Gasteiger partial charge in [0.25, 0.3) is 6.43 Å². The smallest absolute Gasteiger partial charge is 0.257 e. The number of aryl methyl sites for hydroxylation is 1. The van der Waals surface area contributed by atoms with Crippen molar-refractivity contribution in [1.82, 2.24) is 0 Å². The minimum atomic E-state index is -2.83. The Labute approximate surface area is 84.7 Å². The molecule has 1 aromatic carbocycles. The summed E-state index contributed by atoms with van der Waals surface area (Å²) in [7, 11) is 0. The number of nitrogens with two attached hydrogens (primary N) is 1. The lowest BCUT2D eigenvalue weighted by Crippen LogP contribution is -2.21. The van der Waals surface area contributed by atoms with Crippen LogP contribution in [0.3, 0.4) is 0 Å². The third-order valence-electron chi connectivity index (χ3n) is 1.92. The molecule has 0 saturated heterocycles. The summed E-state index contributed by atoms with van der Waals surface area (Å²) in [4.78, 5) is 0. The number of benzene rings is 1. The molecule has 0 aromatic heterocycles. The average molecular weight is 224 g/mol. The van der Waals surface area contributed by atoms with E-state index in [0.717, 1.165) is 0 Å². The fourth-order valence-electron chi connectivity index (χ4n) is 1.11. The van der Waals surface area contributed by atoms with Crippen molar-refractivity contribution in [3.05, 3.63) is 34.1 Å². The predicted molar refractivity (Wildman–Crippen MR) is 49.1 cm³/mol. The zero-order chi connectivity index (χ0) is 10.9. The van der Waals surface area contributed by atoms with Crippen LogP contribution in [0, 0.1) is 12.7 Å². The van der Waals surface area contributed by atoms with Gasteiger partial charge in [0.1, 0.15) is 5.82 Å². The lowest BCUT2D eigenvalue weighted by molar-refractivity contribution is 0.115. The van der Waals surface area contributed by atoms with Crippen molar-refractivity contribution < 1.29 is 13.2 Å². The van der Waals surface area contributed by atoms with Crippen LogP contribution in [0.4, 0.5) is 13.2 Å². The highest BCUT2D eigenvalue weighted by atomic mass is 35.5. The van der Waals surface area contributed by atoms with E-state index in [9.17, 15) is 13.2 Å². The second kappa shape index (κ2) is 4.19. The molecule has 0 aliphatic heterocycles. The molecular weight excluding hydrogens is 215 g/mol. The van der Waals surface area contributed by atoms with Gasteiger partial charge in [0.05, 0.1) is 6.04 Å². The highest BCUT2D eigenvalue weighted by Gasteiger charge is 2.24. The van der Waals surface area contributed by atoms with Gasteiger partial charge in [-0.1, -0.05) is 17.7 Å². The topological polar surface area (TPSA) is 26.0 Å². The Hall–Kier alpha value is -0.740. The van der Waals surface area contributed by atoms with Gasteiger partial charge in [0.2, 0.25) is 0 Å². The SMILES string of the molecule is Cc1ccc(Cl)c([C@@H](N)C(F)F)c1F. The highest BCUT2D eigenvalue weighted by Crippen LogP contribution is 2.29. The Bertz CT molecular complexity index is 341. The maximum Gasteiger partial charge on any atom is 0.257 e. The van der Waals surface area contributed by atoms with Crippen LogP contribution < -0.4 is 5.73 Å². The van der Waals surface area contributed by atoms with Crippen molar-refractivity contribution in [2.45, 2.75) is 19.4 Å². The summed E-state index contributed by atoms with van der Waals surface area (Å²) >= 11 is 5.59. The molecule has 1 aromatic rings. The molecule has 0 bridgehead atoms. The van der Waals surface area contributed by atoms with Crippen LogP contribution >= 0.6 is 11.6 Å². The summed E-state index contributed by atoms with van der Waals surface area (Å²) in [5.74, 6) is -0.759. The molecule has 0 fully saturated rings. The zero-order valence-corrected chi connectivity index (χ0v) is 8.15. The molecule has 0 heterocycles. The second-order valence-corrected chi connectivity index (χ2v) is 3.36. The van der Waals surface area contributed by atoms with E-state index >= 15 is 0 Å². The molecule has 0 aliphatic rings. The Balaban J connectivity index is 3.25. The third-order valence-corrected chi connectivity index (χ3v) is 2.25. The van der Waals surface area contributed by atoms with E-state index in [-0.39, 0.29) is 16.1 Å². The lowest BCUT2D eigenvalue weighted by Gasteiger charge is -2.14. The van der Waals surface area contributed by atoms with Crippen LogP contribution in [0.25, 0.3) is 0 Å². The molecule has 0 amide bonds. The largest absolute Gasteiger partial charge is 0.319 e. The summed E-state index contributed by atoms with van der Waals surface area (Å²) in [6.45, 7) is 1.47. The molecule has 14 heavy (non-hydrogen) atoms. The second-order valence-electron chi connectivity index (χ2n) is 2.95. The zero-order valence-electron chi connectivity index (χ0n) is 7.40. The van der Waals surface area contributed by atoms with Crippen molar-refractivity contribution in [3.63, 3.8) is 0 Å². The van der Waals surface area contributed by atoms with E-state index in [1.165, 1.54) is 19.1 Å². The maximum atomic E-state index is 13.4. The lowest BCUT2D eigenvalue weighted by atomic mass is 10.0. The van der Waals surface area contributed by atoms with Crippen LogP contribution in [0.15, 0.2) is 12.1 Å². The molecule has 0 unspecified atom stereocenters. The van der Waals surface area contributed by atoms with Crippen LogP contribution in [0.1, 0.15) is 17.2 Å². The van der Waals surface area contributed by atoms with Crippen LogP contribution in [-0.4, -0.2) is 6.43 Å². The van der Waals surface area contributed by atoms with E-state index in [1.54, 1.807) is 0 Å².